The smallest absolute Gasteiger partial charge is 0.255 e. The van der Waals surface area contributed by atoms with E-state index >= 15 is 0 Å². The lowest BCUT2D eigenvalue weighted by molar-refractivity contribution is 0.0677. The van der Waals surface area contributed by atoms with Gasteiger partial charge in [-0.1, -0.05) is 11.6 Å². The molecule has 0 aromatic heterocycles. The van der Waals surface area contributed by atoms with Gasteiger partial charge in [-0.15, -0.1) is 12.6 Å². The molecule has 1 aromatic rings. The van der Waals surface area contributed by atoms with E-state index in [2.05, 4.69) is 12.6 Å². The summed E-state index contributed by atoms with van der Waals surface area (Å²) in [5.74, 6) is -0.123. The zero-order chi connectivity index (χ0) is 12.4. The number of hydrogen-bond donors (Lipinski definition) is 2. The van der Waals surface area contributed by atoms with Gasteiger partial charge in [-0.3, -0.25) is 4.79 Å². The number of benzene rings is 1. The first-order valence-corrected chi connectivity index (χ1v) is 6.36. The number of hydrogen-bond acceptors (Lipinski definition) is 3. The molecule has 2 rings (SSSR count). The largest absolute Gasteiger partial charge is 0.394 e. The minimum atomic E-state index is -0.123. The molecule has 1 unspecified atom stereocenters. The van der Waals surface area contributed by atoms with Crippen molar-refractivity contribution in [3.63, 3.8) is 0 Å². The van der Waals surface area contributed by atoms with Gasteiger partial charge >= 0.3 is 0 Å². The summed E-state index contributed by atoms with van der Waals surface area (Å²) >= 11 is 10.2. The molecule has 1 N–H and O–H groups in total. The molecule has 1 atom stereocenters. The third-order valence-corrected chi connectivity index (χ3v) is 3.64. The molecule has 0 saturated carbocycles. The summed E-state index contributed by atoms with van der Waals surface area (Å²) in [7, 11) is 0. The number of carbonyl (C=O) groups excluding carboxylic acids is 1. The molecule has 3 nitrogen and oxygen atoms in total. The molecule has 17 heavy (non-hydrogen) atoms. The Morgan fingerprint density at radius 2 is 2.35 bits per heavy atom. The quantitative estimate of drug-likeness (QED) is 0.810. The number of amides is 1. The fourth-order valence-electron chi connectivity index (χ4n) is 2.12. The molecular formula is C12H14ClNO2S. The Kier molecular flexibility index (Phi) is 3.97. The molecule has 0 spiro atoms. The van der Waals surface area contributed by atoms with E-state index in [-0.39, 0.29) is 18.6 Å². The van der Waals surface area contributed by atoms with Crippen molar-refractivity contribution in [3.8, 4) is 0 Å². The Labute approximate surface area is 111 Å². The summed E-state index contributed by atoms with van der Waals surface area (Å²) in [5.41, 5.74) is 0.458. The van der Waals surface area contributed by atoms with Crippen molar-refractivity contribution in [1.29, 1.82) is 0 Å². The van der Waals surface area contributed by atoms with Gasteiger partial charge in [0.05, 0.1) is 23.2 Å². The van der Waals surface area contributed by atoms with E-state index in [1.807, 2.05) is 0 Å². The van der Waals surface area contributed by atoms with Crippen molar-refractivity contribution in [1.82, 2.24) is 4.90 Å². The van der Waals surface area contributed by atoms with Gasteiger partial charge in [0.25, 0.3) is 5.91 Å². The van der Waals surface area contributed by atoms with Gasteiger partial charge in [0, 0.05) is 11.4 Å². The third-order valence-electron chi connectivity index (χ3n) is 3.03. The van der Waals surface area contributed by atoms with E-state index < -0.39 is 0 Å². The van der Waals surface area contributed by atoms with Crippen LogP contribution in [0.2, 0.25) is 5.02 Å². The maximum absolute atomic E-state index is 12.3. The summed E-state index contributed by atoms with van der Waals surface area (Å²) in [5, 5.41) is 9.64. The van der Waals surface area contributed by atoms with Gasteiger partial charge < -0.3 is 10.0 Å². The van der Waals surface area contributed by atoms with Gasteiger partial charge in [-0.25, -0.2) is 0 Å². The lowest BCUT2D eigenvalue weighted by Crippen LogP contribution is -2.37. The Bertz CT molecular complexity index is 439. The first-order chi connectivity index (χ1) is 8.13. The summed E-state index contributed by atoms with van der Waals surface area (Å²) in [4.78, 5) is 14.7. The van der Waals surface area contributed by atoms with Crippen LogP contribution in [-0.4, -0.2) is 35.1 Å². The molecule has 0 aliphatic carbocycles. The summed E-state index contributed by atoms with van der Waals surface area (Å²) in [6.07, 6.45) is 1.77. The molecule has 1 saturated heterocycles. The Morgan fingerprint density at radius 3 is 3.06 bits per heavy atom. The molecule has 1 aromatic carbocycles. The molecule has 1 fully saturated rings. The van der Waals surface area contributed by atoms with Crippen LogP contribution in [0.1, 0.15) is 23.2 Å². The molecule has 1 aliphatic heterocycles. The number of thiol groups is 1. The minimum Gasteiger partial charge on any atom is -0.394 e. The third kappa shape index (κ3) is 2.59. The second-order valence-corrected chi connectivity index (χ2v) is 5.06. The van der Waals surface area contributed by atoms with Gasteiger partial charge in [-0.05, 0) is 31.0 Å². The molecule has 0 bridgehead atoms. The van der Waals surface area contributed by atoms with E-state index in [4.69, 9.17) is 11.6 Å². The predicted octanol–water partition coefficient (Wildman–Crippen LogP) is 2.23. The average molecular weight is 272 g/mol. The molecule has 1 heterocycles. The molecular weight excluding hydrogens is 258 g/mol. The van der Waals surface area contributed by atoms with Crippen LogP contribution in [0, 0.1) is 0 Å². The van der Waals surface area contributed by atoms with Crippen LogP contribution < -0.4 is 0 Å². The van der Waals surface area contributed by atoms with Crippen molar-refractivity contribution < 1.29 is 9.90 Å². The van der Waals surface area contributed by atoms with Crippen LogP contribution in [0.15, 0.2) is 23.1 Å². The van der Waals surface area contributed by atoms with E-state index in [1.54, 1.807) is 23.1 Å². The van der Waals surface area contributed by atoms with E-state index in [1.165, 1.54) is 0 Å². The first-order valence-electron chi connectivity index (χ1n) is 5.54. The fourth-order valence-corrected chi connectivity index (χ4v) is 2.53. The lowest BCUT2D eigenvalue weighted by Gasteiger charge is -2.23. The van der Waals surface area contributed by atoms with Gasteiger partial charge in [0.15, 0.2) is 0 Å². The second-order valence-electron chi connectivity index (χ2n) is 4.14. The van der Waals surface area contributed by atoms with E-state index in [9.17, 15) is 9.90 Å². The standard InChI is InChI=1S/C12H14ClNO2S/c13-11-4-3-9(17)6-10(11)12(16)14-5-1-2-8(14)7-15/h3-4,6,8,15,17H,1-2,5,7H2. The van der Waals surface area contributed by atoms with Gasteiger partial charge in [0.2, 0.25) is 0 Å². The van der Waals surface area contributed by atoms with Crippen molar-refractivity contribution in [2.45, 2.75) is 23.8 Å². The van der Waals surface area contributed by atoms with Crippen molar-refractivity contribution >= 4 is 30.1 Å². The predicted molar refractivity (Wildman–Crippen MR) is 69.8 cm³/mol. The van der Waals surface area contributed by atoms with Crippen LogP contribution >= 0.6 is 24.2 Å². The number of nitrogens with zero attached hydrogens (tertiary/aromatic N) is 1. The summed E-state index contributed by atoms with van der Waals surface area (Å²) in [6.45, 7) is 0.682. The molecule has 92 valence electrons. The Morgan fingerprint density at radius 1 is 1.59 bits per heavy atom. The average Bonchev–Trinajstić information content (AvgIpc) is 2.79. The van der Waals surface area contributed by atoms with Crippen molar-refractivity contribution in [3.05, 3.63) is 28.8 Å². The highest BCUT2D eigenvalue weighted by atomic mass is 35.5. The zero-order valence-electron chi connectivity index (χ0n) is 9.27. The highest BCUT2D eigenvalue weighted by Gasteiger charge is 2.29. The van der Waals surface area contributed by atoms with Crippen molar-refractivity contribution in [2.75, 3.05) is 13.2 Å². The zero-order valence-corrected chi connectivity index (χ0v) is 10.9. The monoisotopic (exact) mass is 271 g/mol. The minimum absolute atomic E-state index is 0.00389. The number of aliphatic hydroxyl groups excluding tert-OH is 1. The fraction of sp³-hybridized carbons (Fsp3) is 0.417. The number of carbonyl (C=O) groups is 1. The van der Waals surface area contributed by atoms with Crippen LogP contribution in [0.3, 0.4) is 0 Å². The topological polar surface area (TPSA) is 40.5 Å². The maximum atomic E-state index is 12.3. The van der Waals surface area contributed by atoms with E-state index in [0.717, 1.165) is 12.8 Å². The Balaban J connectivity index is 2.27. The molecule has 0 radical (unpaired) electrons. The lowest BCUT2D eigenvalue weighted by atomic mass is 10.1. The van der Waals surface area contributed by atoms with Crippen LogP contribution in [0.5, 0.6) is 0 Å². The molecule has 1 amide bonds. The number of halogens is 1. The van der Waals surface area contributed by atoms with Gasteiger partial charge in [-0.2, -0.15) is 0 Å². The van der Waals surface area contributed by atoms with Crippen molar-refractivity contribution in [2.24, 2.45) is 0 Å². The first kappa shape index (κ1) is 12.7. The highest BCUT2D eigenvalue weighted by molar-refractivity contribution is 7.80. The van der Waals surface area contributed by atoms with Crippen LogP contribution in [0.25, 0.3) is 0 Å². The number of aliphatic hydroxyl groups is 1. The molecule has 1 aliphatic rings. The SMILES string of the molecule is O=C(c1cc(S)ccc1Cl)N1CCCC1CO. The van der Waals surface area contributed by atoms with Crippen LogP contribution in [0.4, 0.5) is 0 Å². The summed E-state index contributed by atoms with van der Waals surface area (Å²) in [6, 6.07) is 5.00. The second kappa shape index (κ2) is 5.29. The molecule has 5 heteroatoms. The number of likely N-dealkylation sites (tertiary alicyclic amines) is 1. The van der Waals surface area contributed by atoms with E-state index in [0.29, 0.717) is 22.0 Å². The maximum Gasteiger partial charge on any atom is 0.255 e. The number of rotatable bonds is 2. The Hall–Kier alpha value is -0.710. The summed E-state index contributed by atoms with van der Waals surface area (Å²) < 4.78 is 0. The normalized spacial score (nSPS) is 19.7. The van der Waals surface area contributed by atoms with Crippen LogP contribution in [-0.2, 0) is 0 Å². The van der Waals surface area contributed by atoms with Gasteiger partial charge in [0.1, 0.15) is 0 Å². The highest BCUT2D eigenvalue weighted by Crippen LogP contribution is 2.25.